The molecule has 3 aromatic rings. The summed E-state index contributed by atoms with van der Waals surface area (Å²) in [5, 5.41) is 14.6. The summed E-state index contributed by atoms with van der Waals surface area (Å²) in [5.74, 6) is 2.02. The van der Waals surface area contributed by atoms with Gasteiger partial charge in [-0.15, -0.1) is 5.10 Å². The highest BCUT2D eigenvalue weighted by molar-refractivity contribution is 5.58. The number of nitrogens with one attached hydrogen (secondary N) is 2. The fourth-order valence-corrected chi connectivity index (χ4v) is 2.78. The molecule has 6 heteroatoms. The van der Waals surface area contributed by atoms with E-state index < -0.39 is 0 Å². The quantitative estimate of drug-likeness (QED) is 0.674. The maximum absolute atomic E-state index is 5.25. The molecule has 6 nitrogen and oxygen atoms in total. The predicted octanol–water partition coefficient (Wildman–Crippen LogP) is 3.90. The summed E-state index contributed by atoms with van der Waals surface area (Å²) in [6.45, 7) is 4.85. The SMILES string of the molecule is COc1cccc(CCNc2nncc(Nc3cc(C)cc(C)c3)n2)c1. The topological polar surface area (TPSA) is 72.0 Å². The zero-order chi connectivity index (χ0) is 18.4. The standard InChI is InChI=1S/C20H23N5O/c1-14-9-15(2)11-17(10-14)23-19-13-22-25-20(24-19)21-8-7-16-5-4-6-18(12-16)26-3/h4-6,9-13H,7-8H2,1-3H3,(H2,21,23,24,25). The molecular weight excluding hydrogens is 326 g/mol. The van der Waals surface area contributed by atoms with Gasteiger partial charge in [0, 0.05) is 12.2 Å². The lowest BCUT2D eigenvalue weighted by Gasteiger charge is -2.09. The minimum Gasteiger partial charge on any atom is -0.497 e. The van der Waals surface area contributed by atoms with Crippen molar-refractivity contribution < 1.29 is 4.74 Å². The van der Waals surface area contributed by atoms with Gasteiger partial charge in [-0.1, -0.05) is 18.2 Å². The van der Waals surface area contributed by atoms with Crippen LogP contribution in [0.3, 0.4) is 0 Å². The Bertz CT molecular complexity index is 861. The van der Waals surface area contributed by atoms with Crippen molar-refractivity contribution in [3.8, 4) is 5.75 Å². The van der Waals surface area contributed by atoms with Gasteiger partial charge in [-0.05, 0) is 61.2 Å². The first-order valence-corrected chi connectivity index (χ1v) is 8.54. The fraction of sp³-hybridized carbons (Fsp3) is 0.250. The van der Waals surface area contributed by atoms with E-state index in [0.29, 0.717) is 18.3 Å². The second kappa shape index (κ2) is 8.29. The Labute approximate surface area is 153 Å². The number of nitrogens with zero attached hydrogens (tertiary/aromatic N) is 3. The molecule has 0 aliphatic heterocycles. The molecule has 1 aromatic heterocycles. The molecule has 0 amide bonds. The molecule has 0 atom stereocenters. The first kappa shape index (κ1) is 17.7. The van der Waals surface area contributed by atoms with E-state index in [0.717, 1.165) is 17.9 Å². The molecule has 1 heterocycles. The van der Waals surface area contributed by atoms with Crippen molar-refractivity contribution in [2.75, 3.05) is 24.3 Å². The van der Waals surface area contributed by atoms with Gasteiger partial charge in [0.25, 0.3) is 0 Å². The highest BCUT2D eigenvalue weighted by atomic mass is 16.5. The van der Waals surface area contributed by atoms with Crippen molar-refractivity contribution >= 4 is 17.5 Å². The number of benzene rings is 2. The molecule has 0 radical (unpaired) electrons. The van der Waals surface area contributed by atoms with Crippen LogP contribution in [0, 0.1) is 13.8 Å². The summed E-state index contributed by atoms with van der Waals surface area (Å²) >= 11 is 0. The van der Waals surface area contributed by atoms with Gasteiger partial charge in [-0.2, -0.15) is 10.1 Å². The molecule has 0 bridgehead atoms. The maximum Gasteiger partial charge on any atom is 0.244 e. The number of methoxy groups -OCH3 is 1. The number of aromatic nitrogens is 3. The highest BCUT2D eigenvalue weighted by Gasteiger charge is 2.03. The number of hydrogen-bond acceptors (Lipinski definition) is 6. The van der Waals surface area contributed by atoms with E-state index in [1.807, 2.05) is 18.2 Å². The van der Waals surface area contributed by atoms with E-state index in [-0.39, 0.29) is 0 Å². The van der Waals surface area contributed by atoms with Crippen LogP contribution >= 0.6 is 0 Å². The van der Waals surface area contributed by atoms with Crippen LogP contribution < -0.4 is 15.4 Å². The largest absolute Gasteiger partial charge is 0.497 e. The van der Waals surface area contributed by atoms with Crippen LogP contribution in [0.4, 0.5) is 17.5 Å². The summed E-state index contributed by atoms with van der Waals surface area (Å²) in [5.41, 5.74) is 4.58. The molecule has 0 fully saturated rings. The van der Waals surface area contributed by atoms with Crippen molar-refractivity contribution in [3.63, 3.8) is 0 Å². The van der Waals surface area contributed by atoms with E-state index in [2.05, 4.69) is 63.9 Å². The number of hydrogen-bond donors (Lipinski definition) is 2. The Morgan fingerprint density at radius 1 is 1.04 bits per heavy atom. The molecular formula is C20H23N5O. The monoisotopic (exact) mass is 349 g/mol. The number of aryl methyl sites for hydroxylation is 2. The van der Waals surface area contributed by atoms with Gasteiger partial charge in [0.2, 0.25) is 5.95 Å². The van der Waals surface area contributed by atoms with Crippen molar-refractivity contribution in [2.24, 2.45) is 0 Å². The minimum atomic E-state index is 0.502. The fourth-order valence-electron chi connectivity index (χ4n) is 2.78. The minimum absolute atomic E-state index is 0.502. The Morgan fingerprint density at radius 2 is 1.85 bits per heavy atom. The normalized spacial score (nSPS) is 10.4. The smallest absolute Gasteiger partial charge is 0.244 e. The zero-order valence-electron chi connectivity index (χ0n) is 15.3. The summed E-state index contributed by atoms with van der Waals surface area (Å²) in [4.78, 5) is 4.47. The average molecular weight is 349 g/mol. The van der Waals surface area contributed by atoms with Crippen LogP contribution in [0.15, 0.2) is 48.7 Å². The lowest BCUT2D eigenvalue weighted by atomic mass is 10.1. The lowest BCUT2D eigenvalue weighted by molar-refractivity contribution is 0.414. The van der Waals surface area contributed by atoms with Crippen molar-refractivity contribution in [1.29, 1.82) is 0 Å². The number of ether oxygens (including phenoxy) is 1. The maximum atomic E-state index is 5.25. The second-order valence-corrected chi connectivity index (χ2v) is 6.19. The van der Waals surface area contributed by atoms with E-state index in [9.17, 15) is 0 Å². The highest BCUT2D eigenvalue weighted by Crippen LogP contribution is 2.18. The average Bonchev–Trinajstić information content (AvgIpc) is 2.61. The van der Waals surface area contributed by atoms with Crippen molar-refractivity contribution in [3.05, 3.63) is 65.4 Å². The third-order valence-electron chi connectivity index (χ3n) is 3.88. The third-order valence-corrected chi connectivity index (χ3v) is 3.88. The van der Waals surface area contributed by atoms with E-state index in [1.54, 1.807) is 13.3 Å². The van der Waals surface area contributed by atoms with E-state index in [4.69, 9.17) is 4.74 Å². The third kappa shape index (κ3) is 4.92. The first-order chi connectivity index (χ1) is 12.6. The van der Waals surface area contributed by atoms with Gasteiger partial charge in [0.05, 0.1) is 13.3 Å². The Balaban J connectivity index is 1.60. The van der Waals surface area contributed by atoms with E-state index in [1.165, 1.54) is 16.7 Å². The van der Waals surface area contributed by atoms with Crippen molar-refractivity contribution in [1.82, 2.24) is 15.2 Å². The molecule has 0 aliphatic rings. The summed E-state index contributed by atoms with van der Waals surface area (Å²) in [6.07, 6.45) is 2.46. The molecule has 0 unspecified atom stereocenters. The van der Waals surface area contributed by atoms with Crippen LogP contribution in [0.5, 0.6) is 5.75 Å². The molecule has 2 N–H and O–H groups in total. The van der Waals surface area contributed by atoms with Gasteiger partial charge >= 0.3 is 0 Å². The van der Waals surface area contributed by atoms with Gasteiger partial charge in [-0.3, -0.25) is 0 Å². The molecule has 0 saturated carbocycles. The zero-order valence-corrected chi connectivity index (χ0v) is 15.3. The molecule has 0 aliphatic carbocycles. The van der Waals surface area contributed by atoms with Crippen LogP contribution in [-0.2, 0) is 6.42 Å². The van der Waals surface area contributed by atoms with Crippen LogP contribution in [0.25, 0.3) is 0 Å². The summed E-state index contributed by atoms with van der Waals surface area (Å²) in [6, 6.07) is 14.3. The Morgan fingerprint density at radius 3 is 2.62 bits per heavy atom. The van der Waals surface area contributed by atoms with Gasteiger partial charge in [-0.25, -0.2) is 0 Å². The summed E-state index contributed by atoms with van der Waals surface area (Å²) < 4.78 is 5.25. The van der Waals surface area contributed by atoms with Gasteiger partial charge in [0.15, 0.2) is 5.82 Å². The van der Waals surface area contributed by atoms with Gasteiger partial charge in [0.1, 0.15) is 5.75 Å². The van der Waals surface area contributed by atoms with Crippen LogP contribution in [0.1, 0.15) is 16.7 Å². The molecule has 0 spiro atoms. The first-order valence-electron chi connectivity index (χ1n) is 8.54. The lowest BCUT2D eigenvalue weighted by Crippen LogP contribution is -2.09. The second-order valence-electron chi connectivity index (χ2n) is 6.19. The predicted molar refractivity (Wildman–Crippen MR) is 104 cm³/mol. The molecule has 0 saturated heterocycles. The number of anilines is 3. The molecule has 134 valence electrons. The number of rotatable bonds is 7. The summed E-state index contributed by atoms with van der Waals surface area (Å²) in [7, 11) is 1.67. The molecule has 3 rings (SSSR count). The molecule has 26 heavy (non-hydrogen) atoms. The molecule has 2 aromatic carbocycles. The van der Waals surface area contributed by atoms with Crippen LogP contribution in [-0.4, -0.2) is 28.8 Å². The van der Waals surface area contributed by atoms with Crippen molar-refractivity contribution in [2.45, 2.75) is 20.3 Å². The van der Waals surface area contributed by atoms with Crippen LogP contribution in [0.2, 0.25) is 0 Å². The van der Waals surface area contributed by atoms with Gasteiger partial charge < -0.3 is 15.4 Å². The van der Waals surface area contributed by atoms with E-state index >= 15 is 0 Å². The Kier molecular flexibility index (Phi) is 5.63. The Hall–Kier alpha value is -3.15.